The van der Waals surface area contributed by atoms with E-state index in [0.29, 0.717) is 6.54 Å². The van der Waals surface area contributed by atoms with Gasteiger partial charge in [0.1, 0.15) is 11.9 Å². The van der Waals surface area contributed by atoms with Crippen LogP contribution in [0.4, 0.5) is 4.39 Å². The number of benzene rings is 1. The third-order valence-electron chi connectivity index (χ3n) is 1.97. The first-order chi connectivity index (χ1) is 7.29. The van der Waals surface area contributed by atoms with E-state index >= 15 is 0 Å². The fourth-order valence-electron chi connectivity index (χ4n) is 1.25. The molecule has 0 unspecified atom stereocenters. The maximum atomic E-state index is 13.2. The fourth-order valence-corrected chi connectivity index (χ4v) is 1.25. The molecule has 4 nitrogen and oxygen atoms in total. The third kappa shape index (κ3) is 1.99. The molecule has 74 valence electrons. The van der Waals surface area contributed by atoms with Crippen LogP contribution in [0.25, 0.3) is 0 Å². The Labute approximate surface area is 85.6 Å². The summed E-state index contributed by atoms with van der Waals surface area (Å²) < 4.78 is 14.8. The van der Waals surface area contributed by atoms with Crippen LogP contribution in [-0.4, -0.2) is 15.0 Å². The summed E-state index contributed by atoms with van der Waals surface area (Å²) in [7, 11) is 0. The minimum Gasteiger partial charge on any atom is -0.248 e. The average molecular weight is 202 g/mol. The number of nitrogens with zero attached hydrogens (tertiary/aromatic N) is 4. The molecule has 2 rings (SSSR count). The molecular formula is C10H7FN4. The molecule has 0 spiro atoms. The van der Waals surface area contributed by atoms with E-state index < -0.39 is 5.82 Å². The highest BCUT2D eigenvalue weighted by Gasteiger charge is 2.03. The quantitative estimate of drug-likeness (QED) is 0.738. The van der Waals surface area contributed by atoms with E-state index in [9.17, 15) is 4.39 Å². The second kappa shape index (κ2) is 3.88. The first-order valence-electron chi connectivity index (χ1n) is 4.32. The van der Waals surface area contributed by atoms with Crippen LogP contribution in [0.2, 0.25) is 0 Å². The lowest BCUT2D eigenvalue weighted by Gasteiger charge is -2.01. The maximum Gasteiger partial charge on any atom is 0.141 e. The van der Waals surface area contributed by atoms with E-state index in [1.165, 1.54) is 12.1 Å². The predicted molar refractivity (Wildman–Crippen MR) is 50.2 cm³/mol. The topological polar surface area (TPSA) is 54.5 Å². The molecule has 0 atom stereocenters. The van der Waals surface area contributed by atoms with Gasteiger partial charge in [0.05, 0.1) is 18.3 Å². The zero-order chi connectivity index (χ0) is 10.7. The summed E-state index contributed by atoms with van der Waals surface area (Å²) in [6, 6.07) is 6.26. The summed E-state index contributed by atoms with van der Waals surface area (Å²) in [5.41, 5.74) is 0.800. The molecule has 0 saturated heterocycles. The zero-order valence-corrected chi connectivity index (χ0v) is 7.76. The Morgan fingerprint density at radius 1 is 1.47 bits per heavy atom. The number of halogens is 1. The molecular weight excluding hydrogens is 195 g/mol. The molecule has 0 saturated carbocycles. The van der Waals surface area contributed by atoms with Gasteiger partial charge < -0.3 is 0 Å². The van der Waals surface area contributed by atoms with Gasteiger partial charge in [0, 0.05) is 6.20 Å². The van der Waals surface area contributed by atoms with Gasteiger partial charge in [0.2, 0.25) is 0 Å². The van der Waals surface area contributed by atoms with Crippen molar-refractivity contribution in [1.82, 2.24) is 15.0 Å². The van der Waals surface area contributed by atoms with Gasteiger partial charge in [-0.3, -0.25) is 0 Å². The summed E-state index contributed by atoms with van der Waals surface area (Å²) in [5, 5.41) is 16.0. The second-order valence-corrected chi connectivity index (χ2v) is 3.03. The zero-order valence-electron chi connectivity index (χ0n) is 7.76. The summed E-state index contributed by atoms with van der Waals surface area (Å²) in [5.74, 6) is -0.505. The van der Waals surface area contributed by atoms with Crippen molar-refractivity contribution in [2.75, 3.05) is 0 Å². The van der Waals surface area contributed by atoms with Crippen molar-refractivity contribution in [1.29, 1.82) is 5.26 Å². The lowest BCUT2D eigenvalue weighted by molar-refractivity contribution is 0.611. The van der Waals surface area contributed by atoms with Crippen molar-refractivity contribution in [3.8, 4) is 6.07 Å². The van der Waals surface area contributed by atoms with Gasteiger partial charge in [0.15, 0.2) is 0 Å². The van der Waals surface area contributed by atoms with Gasteiger partial charge in [-0.05, 0) is 17.7 Å². The fraction of sp³-hybridized carbons (Fsp3) is 0.100. The second-order valence-electron chi connectivity index (χ2n) is 3.03. The number of aromatic nitrogens is 3. The first-order valence-corrected chi connectivity index (χ1v) is 4.32. The first kappa shape index (κ1) is 9.34. The molecule has 0 N–H and O–H groups in total. The van der Waals surface area contributed by atoms with Crippen molar-refractivity contribution in [2.45, 2.75) is 6.54 Å². The molecule has 1 aromatic carbocycles. The van der Waals surface area contributed by atoms with Crippen LogP contribution in [0.5, 0.6) is 0 Å². The number of hydrogen-bond donors (Lipinski definition) is 0. The largest absolute Gasteiger partial charge is 0.248 e. The number of hydrogen-bond acceptors (Lipinski definition) is 3. The number of nitriles is 1. The average Bonchev–Trinajstić information content (AvgIpc) is 2.71. The number of rotatable bonds is 2. The van der Waals surface area contributed by atoms with Crippen molar-refractivity contribution < 1.29 is 4.39 Å². The maximum absolute atomic E-state index is 13.2. The van der Waals surface area contributed by atoms with Gasteiger partial charge in [-0.15, -0.1) is 5.10 Å². The van der Waals surface area contributed by atoms with E-state index in [4.69, 9.17) is 5.26 Å². The highest BCUT2D eigenvalue weighted by Crippen LogP contribution is 2.10. The molecule has 5 heteroatoms. The molecule has 0 amide bonds. The van der Waals surface area contributed by atoms with Gasteiger partial charge >= 0.3 is 0 Å². The highest BCUT2D eigenvalue weighted by atomic mass is 19.1. The normalized spacial score (nSPS) is 9.87. The molecule has 0 aliphatic rings. The summed E-state index contributed by atoms with van der Waals surface area (Å²) >= 11 is 0. The van der Waals surface area contributed by atoms with Crippen molar-refractivity contribution in [3.63, 3.8) is 0 Å². The van der Waals surface area contributed by atoms with Crippen molar-refractivity contribution in [2.24, 2.45) is 0 Å². The van der Waals surface area contributed by atoms with Crippen LogP contribution in [-0.2, 0) is 6.54 Å². The Morgan fingerprint density at radius 2 is 2.33 bits per heavy atom. The molecule has 15 heavy (non-hydrogen) atoms. The van der Waals surface area contributed by atoms with Gasteiger partial charge in [-0.25, -0.2) is 9.07 Å². The Kier molecular flexibility index (Phi) is 2.42. The van der Waals surface area contributed by atoms with Crippen molar-refractivity contribution >= 4 is 0 Å². The Morgan fingerprint density at radius 3 is 2.93 bits per heavy atom. The smallest absolute Gasteiger partial charge is 0.141 e. The highest BCUT2D eigenvalue weighted by molar-refractivity contribution is 5.33. The molecule has 1 aromatic heterocycles. The Bertz CT molecular complexity index is 499. The molecule has 0 bridgehead atoms. The van der Waals surface area contributed by atoms with Crippen LogP contribution in [0, 0.1) is 17.1 Å². The minimum absolute atomic E-state index is 0.0531. The summed E-state index contributed by atoms with van der Waals surface area (Å²) in [6.07, 6.45) is 3.25. The van der Waals surface area contributed by atoms with E-state index in [2.05, 4.69) is 10.3 Å². The van der Waals surface area contributed by atoms with Crippen LogP contribution in [0.3, 0.4) is 0 Å². The Balaban J connectivity index is 2.24. The standard InChI is InChI=1S/C10H7FN4/c11-10-5-8(1-2-9(10)6-12)7-15-4-3-13-14-15/h1-5H,7H2. The molecule has 0 radical (unpaired) electrons. The van der Waals surface area contributed by atoms with E-state index in [1.54, 1.807) is 29.2 Å². The summed E-state index contributed by atoms with van der Waals surface area (Å²) in [6.45, 7) is 0.447. The molecule has 0 aliphatic carbocycles. The SMILES string of the molecule is N#Cc1ccc(Cn2ccnn2)cc1F. The van der Waals surface area contributed by atoms with Crippen LogP contribution in [0.15, 0.2) is 30.6 Å². The Hall–Kier alpha value is -2.22. The van der Waals surface area contributed by atoms with Crippen LogP contribution >= 0.6 is 0 Å². The van der Waals surface area contributed by atoms with Gasteiger partial charge in [-0.2, -0.15) is 5.26 Å². The van der Waals surface area contributed by atoms with E-state index in [1.807, 2.05) is 0 Å². The molecule has 1 heterocycles. The third-order valence-corrected chi connectivity index (χ3v) is 1.97. The lowest BCUT2D eigenvalue weighted by Crippen LogP contribution is -2.01. The molecule has 0 aliphatic heterocycles. The van der Waals surface area contributed by atoms with E-state index in [-0.39, 0.29) is 5.56 Å². The van der Waals surface area contributed by atoms with Crippen LogP contribution in [0.1, 0.15) is 11.1 Å². The molecule has 0 fully saturated rings. The monoisotopic (exact) mass is 202 g/mol. The van der Waals surface area contributed by atoms with E-state index in [0.717, 1.165) is 5.56 Å². The lowest BCUT2D eigenvalue weighted by atomic mass is 10.1. The van der Waals surface area contributed by atoms with Crippen LogP contribution < -0.4 is 0 Å². The van der Waals surface area contributed by atoms with Crippen molar-refractivity contribution in [3.05, 3.63) is 47.5 Å². The summed E-state index contributed by atoms with van der Waals surface area (Å²) in [4.78, 5) is 0. The molecule has 2 aromatic rings. The van der Waals surface area contributed by atoms with Gasteiger partial charge in [0.25, 0.3) is 0 Å². The predicted octanol–water partition coefficient (Wildman–Crippen LogP) is 1.34. The van der Waals surface area contributed by atoms with Gasteiger partial charge in [-0.1, -0.05) is 11.3 Å². The minimum atomic E-state index is -0.505.